The van der Waals surface area contributed by atoms with E-state index >= 15 is 0 Å². The van der Waals surface area contributed by atoms with Gasteiger partial charge in [-0.2, -0.15) is 0 Å². The van der Waals surface area contributed by atoms with Crippen molar-refractivity contribution in [1.29, 1.82) is 0 Å². The molecule has 1 rings (SSSR count). The fourth-order valence-electron chi connectivity index (χ4n) is 0.815. The van der Waals surface area contributed by atoms with Gasteiger partial charge in [-0.05, 0) is 17.7 Å². The molecule has 1 aromatic carbocycles. The molecule has 0 fully saturated rings. The van der Waals surface area contributed by atoms with Crippen LogP contribution in [0.25, 0.3) is 0 Å². The van der Waals surface area contributed by atoms with E-state index in [0.717, 1.165) is 5.56 Å². The van der Waals surface area contributed by atoms with Crippen molar-refractivity contribution in [2.75, 3.05) is 0 Å². The Kier molecular flexibility index (Phi) is 4.02. The third-order valence-corrected chi connectivity index (χ3v) is 2.42. The molecule has 0 aliphatic heterocycles. The average Bonchev–Trinajstić information content (AvgIpc) is 2.03. The Morgan fingerprint density at radius 1 is 1.15 bits per heavy atom. The van der Waals surface area contributed by atoms with Gasteiger partial charge < -0.3 is 11.2 Å². The van der Waals surface area contributed by atoms with Crippen molar-refractivity contribution in [3.05, 3.63) is 29.8 Å². The lowest BCUT2D eigenvalue weighted by atomic mass is 10.2. The first-order valence-electron chi connectivity index (χ1n) is 3.36. The largest absolute Gasteiger partial charge is 0.412 e. The number of hydrogen-bond acceptors (Lipinski definition) is 3. The van der Waals surface area contributed by atoms with Gasteiger partial charge in [-0.25, -0.2) is 13.6 Å². The predicted octanol–water partition coefficient (Wildman–Crippen LogP) is -1.03. The number of hydrogen-bond donors (Lipinski definition) is 2. The highest BCUT2D eigenvalue weighted by Crippen LogP contribution is 2.07. The lowest BCUT2D eigenvalue weighted by Crippen LogP contribution is -2.12. The first-order valence-corrected chi connectivity index (χ1v) is 4.90. The molecule has 0 atom stereocenters. The maximum absolute atomic E-state index is 10.8. The first-order chi connectivity index (χ1) is 5.54. The summed E-state index contributed by atoms with van der Waals surface area (Å²) < 4.78 is 21.6. The van der Waals surface area contributed by atoms with Gasteiger partial charge in [0.1, 0.15) is 0 Å². The molecular formula is C7H12N2O3S. The second kappa shape index (κ2) is 4.33. The Morgan fingerprint density at radius 3 is 1.92 bits per heavy atom. The predicted molar refractivity (Wildman–Crippen MR) is 49.3 cm³/mol. The maximum Gasteiger partial charge on any atom is 0.238 e. The summed E-state index contributed by atoms with van der Waals surface area (Å²) in [5, 5.41) is 4.89. The lowest BCUT2D eigenvalue weighted by Gasteiger charge is -1.98. The molecule has 1 aromatic rings. The molecule has 0 aliphatic rings. The van der Waals surface area contributed by atoms with Crippen LogP contribution in [-0.2, 0) is 16.6 Å². The van der Waals surface area contributed by atoms with Crippen molar-refractivity contribution < 1.29 is 13.9 Å². The summed E-state index contributed by atoms with van der Waals surface area (Å²) in [6, 6.07) is 6.16. The van der Waals surface area contributed by atoms with Gasteiger partial charge in [0.2, 0.25) is 10.0 Å². The van der Waals surface area contributed by atoms with Crippen molar-refractivity contribution in [2.45, 2.75) is 11.4 Å². The molecular weight excluding hydrogens is 192 g/mol. The van der Waals surface area contributed by atoms with E-state index in [1.165, 1.54) is 12.1 Å². The second-order valence-electron chi connectivity index (χ2n) is 2.39. The Balaban J connectivity index is 0.00000144. The molecule has 0 unspecified atom stereocenters. The van der Waals surface area contributed by atoms with E-state index in [9.17, 15) is 8.42 Å². The summed E-state index contributed by atoms with van der Waals surface area (Å²) in [4.78, 5) is 0.111. The Morgan fingerprint density at radius 2 is 1.62 bits per heavy atom. The first kappa shape index (κ1) is 12.0. The normalized spacial score (nSPS) is 10.6. The van der Waals surface area contributed by atoms with Crippen LogP contribution < -0.4 is 10.9 Å². The molecule has 0 aliphatic carbocycles. The summed E-state index contributed by atoms with van der Waals surface area (Å²) in [5.41, 5.74) is 6.21. The van der Waals surface area contributed by atoms with Crippen molar-refractivity contribution in [2.24, 2.45) is 10.9 Å². The van der Waals surface area contributed by atoms with Gasteiger partial charge in [-0.1, -0.05) is 12.1 Å². The molecule has 0 aromatic heterocycles. The van der Waals surface area contributed by atoms with E-state index in [0.29, 0.717) is 6.54 Å². The third kappa shape index (κ3) is 3.11. The molecule has 6 N–H and O–H groups in total. The number of rotatable bonds is 2. The molecule has 0 saturated heterocycles. The molecule has 5 nitrogen and oxygen atoms in total. The zero-order valence-electron chi connectivity index (χ0n) is 6.90. The van der Waals surface area contributed by atoms with E-state index in [1.807, 2.05) is 0 Å². The fraction of sp³-hybridized carbons (Fsp3) is 0.143. The molecule has 0 bridgehead atoms. The van der Waals surface area contributed by atoms with Gasteiger partial charge in [0.05, 0.1) is 4.90 Å². The molecule has 13 heavy (non-hydrogen) atoms. The Hall–Kier alpha value is -0.950. The van der Waals surface area contributed by atoms with Crippen molar-refractivity contribution in [3.63, 3.8) is 0 Å². The zero-order valence-corrected chi connectivity index (χ0v) is 7.71. The Labute approximate surface area is 76.7 Å². The van der Waals surface area contributed by atoms with E-state index < -0.39 is 10.0 Å². The number of benzene rings is 1. The van der Waals surface area contributed by atoms with E-state index in [4.69, 9.17) is 10.9 Å². The molecule has 74 valence electrons. The monoisotopic (exact) mass is 204 g/mol. The summed E-state index contributed by atoms with van der Waals surface area (Å²) >= 11 is 0. The van der Waals surface area contributed by atoms with Crippen LogP contribution >= 0.6 is 0 Å². The highest BCUT2D eigenvalue weighted by Gasteiger charge is 2.05. The third-order valence-electron chi connectivity index (χ3n) is 1.49. The van der Waals surface area contributed by atoms with E-state index in [-0.39, 0.29) is 10.4 Å². The topological polar surface area (TPSA) is 118 Å². The molecule has 0 saturated carbocycles. The standard InChI is InChI=1S/C7H10N2O2S.H2O/c8-5-6-1-3-7(4-2-6)12(9,10)11;/h1-4H,5,8H2,(H2,9,10,11);1H2. The SMILES string of the molecule is NCc1ccc(S(N)(=O)=O)cc1.O. The van der Waals surface area contributed by atoms with E-state index in [2.05, 4.69) is 0 Å². The molecule has 0 heterocycles. The van der Waals surface area contributed by atoms with Gasteiger partial charge in [-0.3, -0.25) is 0 Å². The minimum Gasteiger partial charge on any atom is -0.412 e. The molecule has 0 amide bonds. The van der Waals surface area contributed by atoms with Crippen molar-refractivity contribution >= 4 is 10.0 Å². The summed E-state index contributed by atoms with van der Waals surface area (Å²) in [7, 11) is -3.57. The minimum atomic E-state index is -3.57. The van der Waals surface area contributed by atoms with Crippen LogP contribution in [0.2, 0.25) is 0 Å². The van der Waals surface area contributed by atoms with Crippen LogP contribution in [0, 0.1) is 0 Å². The van der Waals surface area contributed by atoms with Crippen LogP contribution in [0.5, 0.6) is 0 Å². The maximum atomic E-state index is 10.8. The summed E-state index contributed by atoms with van der Waals surface area (Å²) in [5.74, 6) is 0. The second-order valence-corrected chi connectivity index (χ2v) is 3.95. The van der Waals surface area contributed by atoms with Crippen molar-refractivity contribution in [1.82, 2.24) is 0 Å². The number of sulfonamides is 1. The summed E-state index contributed by atoms with van der Waals surface area (Å²) in [6.45, 7) is 0.394. The van der Waals surface area contributed by atoms with Crippen molar-refractivity contribution in [3.8, 4) is 0 Å². The van der Waals surface area contributed by atoms with Gasteiger partial charge in [0.15, 0.2) is 0 Å². The molecule has 6 heteroatoms. The number of nitrogens with two attached hydrogens (primary N) is 2. The van der Waals surface area contributed by atoms with Gasteiger partial charge in [-0.15, -0.1) is 0 Å². The zero-order chi connectivity index (χ0) is 9.19. The number of primary sulfonamides is 1. The molecule has 0 spiro atoms. The van der Waals surface area contributed by atoms with Gasteiger partial charge in [0.25, 0.3) is 0 Å². The van der Waals surface area contributed by atoms with Crippen LogP contribution in [0.1, 0.15) is 5.56 Å². The average molecular weight is 204 g/mol. The summed E-state index contributed by atoms with van der Waals surface area (Å²) in [6.07, 6.45) is 0. The van der Waals surface area contributed by atoms with Crippen LogP contribution in [0.15, 0.2) is 29.2 Å². The van der Waals surface area contributed by atoms with Gasteiger partial charge >= 0.3 is 0 Å². The highest BCUT2D eigenvalue weighted by molar-refractivity contribution is 7.89. The minimum absolute atomic E-state index is 0. The van der Waals surface area contributed by atoms with E-state index in [1.54, 1.807) is 12.1 Å². The fourth-order valence-corrected chi connectivity index (χ4v) is 1.33. The van der Waals surface area contributed by atoms with Crippen LogP contribution in [0.4, 0.5) is 0 Å². The van der Waals surface area contributed by atoms with Gasteiger partial charge in [0, 0.05) is 6.54 Å². The lowest BCUT2D eigenvalue weighted by molar-refractivity contribution is 0.598. The quantitative estimate of drug-likeness (QED) is 0.641. The molecule has 0 radical (unpaired) electrons. The Bertz CT molecular complexity index is 358. The van der Waals surface area contributed by atoms with Crippen LogP contribution in [-0.4, -0.2) is 13.9 Å². The highest BCUT2D eigenvalue weighted by atomic mass is 32.2. The smallest absolute Gasteiger partial charge is 0.238 e. The van der Waals surface area contributed by atoms with Crippen LogP contribution in [0.3, 0.4) is 0 Å².